The Morgan fingerprint density at radius 2 is 1.34 bits per heavy atom. The third kappa shape index (κ3) is 3.87. The van der Waals surface area contributed by atoms with Gasteiger partial charge < -0.3 is 9.47 Å². The molecule has 0 aliphatic carbocycles. The molecule has 6 heteroatoms. The summed E-state index contributed by atoms with van der Waals surface area (Å²) >= 11 is 0. The van der Waals surface area contributed by atoms with E-state index < -0.39 is 24.3 Å². The Hall–Kier alpha value is -3.93. The van der Waals surface area contributed by atoms with Crippen LogP contribution in [-0.2, 0) is 16.1 Å². The Bertz CT molecular complexity index is 1040. The van der Waals surface area contributed by atoms with Gasteiger partial charge in [0.05, 0.1) is 11.1 Å². The van der Waals surface area contributed by atoms with Crippen molar-refractivity contribution < 1.29 is 23.9 Å². The molecule has 0 aromatic heterocycles. The fourth-order valence-corrected chi connectivity index (χ4v) is 3.05. The van der Waals surface area contributed by atoms with Crippen molar-refractivity contribution in [1.29, 1.82) is 0 Å². The minimum atomic E-state index is -0.672. The highest BCUT2D eigenvalue weighted by Crippen LogP contribution is 2.26. The van der Waals surface area contributed by atoms with Gasteiger partial charge in [-0.2, -0.15) is 0 Å². The van der Waals surface area contributed by atoms with Gasteiger partial charge in [-0.05, 0) is 30.3 Å². The van der Waals surface area contributed by atoms with Crippen LogP contribution in [0, 0.1) is 0 Å². The van der Waals surface area contributed by atoms with Crippen molar-refractivity contribution in [3.8, 4) is 11.5 Å². The predicted molar refractivity (Wildman–Crippen MR) is 105 cm³/mol. The first-order chi connectivity index (χ1) is 14.1. The maximum absolute atomic E-state index is 12.4. The molecule has 0 spiro atoms. The van der Waals surface area contributed by atoms with Gasteiger partial charge in [0.1, 0.15) is 24.7 Å². The number of amides is 2. The number of nitrogens with zero attached hydrogens (tertiary/aromatic N) is 1. The SMILES string of the molecule is O=C(CN1C(=O)c2ccccc2C1=O)OCc1ccccc1Oc1ccccc1. The van der Waals surface area contributed by atoms with E-state index in [1.807, 2.05) is 42.5 Å². The Balaban J connectivity index is 1.40. The summed E-state index contributed by atoms with van der Waals surface area (Å²) in [6, 6.07) is 22.9. The first-order valence-corrected chi connectivity index (χ1v) is 9.05. The van der Waals surface area contributed by atoms with Crippen molar-refractivity contribution in [2.75, 3.05) is 6.54 Å². The number of benzene rings is 3. The molecule has 0 radical (unpaired) electrons. The molecule has 1 aliphatic heterocycles. The van der Waals surface area contributed by atoms with Crippen molar-refractivity contribution in [3.63, 3.8) is 0 Å². The third-order valence-corrected chi connectivity index (χ3v) is 4.50. The molecule has 6 nitrogen and oxygen atoms in total. The fraction of sp³-hybridized carbons (Fsp3) is 0.0870. The zero-order valence-corrected chi connectivity index (χ0v) is 15.4. The second-order valence-electron chi connectivity index (χ2n) is 6.43. The molecule has 0 N–H and O–H groups in total. The molecule has 3 aromatic carbocycles. The van der Waals surface area contributed by atoms with Crippen LogP contribution in [0.15, 0.2) is 78.9 Å². The Morgan fingerprint density at radius 3 is 2.03 bits per heavy atom. The highest BCUT2D eigenvalue weighted by atomic mass is 16.5. The van der Waals surface area contributed by atoms with Gasteiger partial charge in [0.2, 0.25) is 0 Å². The number of esters is 1. The van der Waals surface area contributed by atoms with E-state index in [0.717, 1.165) is 4.90 Å². The number of carbonyl (C=O) groups is 3. The van der Waals surface area contributed by atoms with Crippen LogP contribution in [0.3, 0.4) is 0 Å². The minimum Gasteiger partial charge on any atom is -0.459 e. The standard InChI is InChI=1S/C23H17NO5/c25-21(14-24-22(26)18-11-5-6-12-19(18)23(24)27)28-15-16-8-4-7-13-20(16)29-17-9-2-1-3-10-17/h1-13H,14-15H2. The van der Waals surface area contributed by atoms with Crippen molar-refractivity contribution in [2.24, 2.45) is 0 Å². The van der Waals surface area contributed by atoms with Crippen LogP contribution in [0.25, 0.3) is 0 Å². The molecular weight excluding hydrogens is 370 g/mol. The lowest BCUT2D eigenvalue weighted by molar-refractivity contribution is -0.145. The fourth-order valence-electron chi connectivity index (χ4n) is 3.05. The van der Waals surface area contributed by atoms with Crippen LogP contribution in [0.1, 0.15) is 26.3 Å². The molecule has 0 saturated carbocycles. The number of fused-ring (bicyclic) bond motifs is 1. The number of ether oxygens (including phenoxy) is 2. The first kappa shape index (κ1) is 18.4. The number of para-hydroxylation sites is 2. The van der Waals surface area contributed by atoms with E-state index in [1.165, 1.54) is 0 Å². The molecule has 0 atom stereocenters. The summed E-state index contributed by atoms with van der Waals surface area (Å²) < 4.78 is 11.1. The van der Waals surface area contributed by atoms with Gasteiger partial charge in [-0.1, -0.05) is 48.5 Å². The van der Waals surface area contributed by atoms with E-state index in [0.29, 0.717) is 28.2 Å². The normalized spacial score (nSPS) is 12.6. The molecular formula is C23H17NO5. The quantitative estimate of drug-likeness (QED) is 0.475. The van der Waals surface area contributed by atoms with E-state index in [1.54, 1.807) is 36.4 Å². The average molecular weight is 387 g/mol. The highest BCUT2D eigenvalue weighted by Gasteiger charge is 2.36. The van der Waals surface area contributed by atoms with Gasteiger partial charge in [0.25, 0.3) is 11.8 Å². The Morgan fingerprint density at radius 1 is 0.759 bits per heavy atom. The molecule has 144 valence electrons. The Labute approximate surface area is 167 Å². The average Bonchev–Trinajstić information content (AvgIpc) is 2.99. The number of carbonyl (C=O) groups excluding carboxylic acids is 3. The zero-order valence-electron chi connectivity index (χ0n) is 15.4. The lowest BCUT2D eigenvalue weighted by atomic mass is 10.1. The zero-order chi connectivity index (χ0) is 20.2. The van der Waals surface area contributed by atoms with Gasteiger partial charge in [-0.3, -0.25) is 19.3 Å². The topological polar surface area (TPSA) is 72.9 Å². The lowest BCUT2D eigenvalue weighted by Crippen LogP contribution is -2.35. The summed E-state index contributed by atoms with van der Waals surface area (Å²) in [4.78, 5) is 37.9. The minimum absolute atomic E-state index is 0.0367. The molecule has 1 heterocycles. The number of hydrogen-bond donors (Lipinski definition) is 0. The van der Waals surface area contributed by atoms with Gasteiger partial charge in [0, 0.05) is 5.56 Å². The molecule has 3 aromatic rings. The van der Waals surface area contributed by atoms with Crippen molar-refractivity contribution in [2.45, 2.75) is 6.61 Å². The summed E-state index contributed by atoms with van der Waals surface area (Å²) in [5.41, 5.74) is 1.27. The van der Waals surface area contributed by atoms with Crippen LogP contribution in [0.4, 0.5) is 0 Å². The second kappa shape index (κ2) is 7.98. The van der Waals surface area contributed by atoms with Crippen LogP contribution in [0.5, 0.6) is 11.5 Å². The third-order valence-electron chi connectivity index (χ3n) is 4.50. The van der Waals surface area contributed by atoms with Crippen LogP contribution in [0.2, 0.25) is 0 Å². The summed E-state index contributed by atoms with van der Waals surface area (Å²) in [6.45, 7) is -0.473. The van der Waals surface area contributed by atoms with Crippen molar-refractivity contribution >= 4 is 17.8 Å². The molecule has 2 amide bonds. The monoisotopic (exact) mass is 387 g/mol. The number of hydrogen-bond acceptors (Lipinski definition) is 5. The smallest absolute Gasteiger partial charge is 0.326 e. The molecule has 0 bridgehead atoms. The van der Waals surface area contributed by atoms with E-state index >= 15 is 0 Å². The van der Waals surface area contributed by atoms with Gasteiger partial charge in [-0.15, -0.1) is 0 Å². The largest absolute Gasteiger partial charge is 0.459 e. The number of imide groups is 1. The van der Waals surface area contributed by atoms with Crippen molar-refractivity contribution in [1.82, 2.24) is 4.90 Å². The molecule has 0 saturated heterocycles. The number of rotatable bonds is 6. The first-order valence-electron chi connectivity index (χ1n) is 9.05. The Kier molecular flexibility index (Phi) is 5.07. The summed E-state index contributed by atoms with van der Waals surface area (Å²) in [6.07, 6.45) is 0. The summed E-state index contributed by atoms with van der Waals surface area (Å²) in [5.74, 6) is -0.427. The molecule has 1 aliphatic rings. The van der Waals surface area contributed by atoms with E-state index in [-0.39, 0.29) is 6.61 Å². The van der Waals surface area contributed by atoms with E-state index in [4.69, 9.17) is 9.47 Å². The van der Waals surface area contributed by atoms with Crippen LogP contribution < -0.4 is 4.74 Å². The lowest BCUT2D eigenvalue weighted by Gasteiger charge is -2.14. The molecule has 0 unspecified atom stereocenters. The molecule has 4 rings (SSSR count). The van der Waals surface area contributed by atoms with E-state index in [2.05, 4.69) is 0 Å². The van der Waals surface area contributed by atoms with E-state index in [9.17, 15) is 14.4 Å². The maximum Gasteiger partial charge on any atom is 0.326 e. The van der Waals surface area contributed by atoms with Crippen LogP contribution in [-0.4, -0.2) is 29.2 Å². The maximum atomic E-state index is 12.4. The van der Waals surface area contributed by atoms with Crippen LogP contribution >= 0.6 is 0 Å². The predicted octanol–water partition coefficient (Wildman–Crippen LogP) is 3.82. The highest BCUT2D eigenvalue weighted by molar-refractivity contribution is 6.22. The summed E-state index contributed by atoms with van der Waals surface area (Å²) in [5, 5.41) is 0. The van der Waals surface area contributed by atoms with Gasteiger partial charge in [-0.25, -0.2) is 0 Å². The van der Waals surface area contributed by atoms with Gasteiger partial charge in [0.15, 0.2) is 0 Å². The summed E-state index contributed by atoms with van der Waals surface area (Å²) in [7, 11) is 0. The second-order valence-corrected chi connectivity index (χ2v) is 6.43. The molecule has 29 heavy (non-hydrogen) atoms. The molecule has 0 fully saturated rings. The van der Waals surface area contributed by atoms with Gasteiger partial charge >= 0.3 is 5.97 Å². The van der Waals surface area contributed by atoms with Crippen molar-refractivity contribution in [3.05, 3.63) is 95.6 Å².